The molecule has 1 N–H and O–H groups in total. The molecule has 7 heteroatoms. The molecule has 1 aromatic heterocycles. The lowest BCUT2D eigenvalue weighted by atomic mass is 10.0. The maximum atomic E-state index is 12.8. The van der Waals surface area contributed by atoms with Crippen LogP contribution in [0.15, 0.2) is 42.6 Å². The van der Waals surface area contributed by atoms with Crippen molar-refractivity contribution in [2.75, 3.05) is 18.4 Å². The van der Waals surface area contributed by atoms with E-state index in [0.29, 0.717) is 36.4 Å². The number of benzene rings is 1. The third-order valence-electron chi connectivity index (χ3n) is 4.65. The number of hydrogen-bond acceptors (Lipinski definition) is 4. The highest BCUT2D eigenvalue weighted by Gasteiger charge is 2.20. The Morgan fingerprint density at radius 1 is 1.18 bits per heavy atom. The highest BCUT2D eigenvalue weighted by Crippen LogP contribution is 2.21. The first-order chi connectivity index (χ1) is 13.5. The zero-order chi connectivity index (χ0) is 19.9. The van der Waals surface area contributed by atoms with Gasteiger partial charge in [0, 0.05) is 37.7 Å². The summed E-state index contributed by atoms with van der Waals surface area (Å²) in [4.78, 5) is 42.6. The minimum Gasteiger partial charge on any atom is -0.343 e. The number of carbonyl (C=O) groups is 3. The zero-order valence-corrected chi connectivity index (χ0v) is 16.2. The topological polar surface area (TPSA) is 79.4 Å². The van der Waals surface area contributed by atoms with Gasteiger partial charge in [0.25, 0.3) is 0 Å². The van der Waals surface area contributed by atoms with Gasteiger partial charge in [-0.25, -0.2) is 4.98 Å². The van der Waals surface area contributed by atoms with Gasteiger partial charge in [-0.1, -0.05) is 41.9 Å². The molecule has 0 radical (unpaired) electrons. The van der Waals surface area contributed by atoms with E-state index in [1.807, 2.05) is 11.0 Å². The van der Waals surface area contributed by atoms with Crippen molar-refractivity contribution in [1.82, 2.24) is 9.88 Å². The van der Waals surface area contributed by atoms with E-state index in [4.69, 9.17) is 11.6 Å². The molecule has 1 aliphatic heterocycles. The van der Waals surface area contributed by atoms with Gasteiger partial charge in [-0.05, 0) is 25.3 Å². The van der Waals surface area contributed by atoms with Crippen molar-refractivity contribution >= 4 is 35.0 Å². The van der Waals surface area contributed by atoms with E-state index in [1.54, 1.807) is 24.3 Å². The number of carbonyl (C=O) groups excluding carboxylic acids is 3. The number of likely N-dealkylation sites (tertiary alicyclic amines) is 1. The summed E-state index contributed by atoms with van der Waals surface area (Å²) in [5.74, 6) is -0.0695. The number of unbranched alkanes of at least 4 members (excludes halogenated alkanes) is 1. The van der Waals surface area contributed by atoms with Crippen LogP contribution in [0.4, 0.5) is 5.82 Å². The minimum atomic E-state index is -0.251. The molecule has 3 rings (SSSR count). The Bertz CT molecular complexity index is 870. The summed E-state index contributed by atoms with van der Waals surface area (Å²) in [7, 11) is 0. The highest BCUT2D eigenvalue weighted by molar-refractivity contribution is 6.31. The van der Waals surface area contributed by atoms with E-state index in [1.165, 1.54) is 12.3 Å². The fraction of sp³-hybridized carbons (Fsp3) is 0.333. The SMILES string of the molecule is O=C(CCCCN1CCCC1=O)Nc1ncc(Cl)cc1C(=O)c1ccccc1. The quantitative estimate of drug-likeness (QED) is 0.542. The van der Waals surface area contributed by atoms with Crippen molar-refractivity contribution in [1.29, 1.82) is 0 Å². The number of amides is 2. The van der Waals surface area contributed by atoms with Crippen LogP contribution in [-0.2, 0) is 9.59 Å². The summed E-state index contributed by atoms with van der Waals surface area (Å²) in [6.45, 7) is 1.49. The van der Waals surface area contributed by atoms with Crippen LogP contribution in [-0.4, -0.2) is 40.6 Å². The van der Waals surface area contributed by atoms with Gasteiger partial charge in [0.05, 0.1) is 10.6 Å². The lowest BCUT2D eigenvalue weighted by Crippen LogP contribution is -2.25. The molecule has 0 aliphatic carbocycles. The Kier molecular flexibility index (Phi) is 6.76. The fourth-order valence-corrected chi connectivity index (χ4v) is 3.34. The van der Waals surface area contributed by atoms with E-state index in [2.05, 4.69) is 10.3 Å². The summed E-state index contributed by atoms with van der Waals surface area (Å²) in [5, 5.41) is 3.04. The van der Waals surface area contributed by atoms with Crippen LogP contribution in [0.25, 0.3) is 0 Å². The molecule has 0 atom stereocenters. The van der Waals surface area contributed by atoms with Gasteiger partial charge in [-0.3, -0.25) is 14.4 Å². The Morgan fingerprint density at radius 2 is 1.96 bits per heavy atom. The smallest absolute Gasteiger partial charge is 0.225 e. The maximum Gasteiger partial charge on any atom is 0.225 e. The number of hydrogen-bond donors (Lipinski definition) is 1. The van der Waals surface area contributed by atoms with Crippen molar-refractivity contribution in [2.24, 2.45) is 0 Å². The third-order valence-corrected chi connectivity index (χ3v) is 4.85. The van der Waals surface area contributed by atoms with E-state index in [-0.39, 0.29) is 29.0 Å². The van der Waals surface area contributed by atoms with Gasteiger partial charge in [0.15, 0.2) is 5.78 Å². The van der Waals surface area contributed by atoms with Crippen molar-refractivity contribution in [2.45, 2.75) is 32.1 Å². The Hall–Kier alpha value is -2.73. The predicted molar refractivity (Wildman–Crippen MR) is 107 cm³/mol. The van der Waals surface area contributed by atoms with Crippen LogP contribution in [0, 0.1) is 0 Å². The first kappa shape index (κ1) is 20.0. The molecule has 0 spiro atoms. The lowest BCUT2D eigenvalue weighted by Gasteiger charge is -2.15. The molecule has 1 aromatic carbocycles. The summed E-state index contributed by atoms with van der Waals surface area (Å²) in [5.41, 5.74) is 0.757. The molecule has 1 saturated heterocycles. The molecular weight excluding hydrogens is 378 g/mol. The van der Waals surface area contributed by atoms with Crippen LogP contribution in [0.5, 0.6) is 0 Å². The number of halogens is 1. The molecule has 0 saturated carbocycles. The Balaban J connectivity index is 1.58. The number of aromatic nitrogens is 1. The number of ketones is 1. The molecule has 2 heterocycles. The van der Waals surface area contributed by atoms with Gasteiger partial charge < -0.3 is 10.2 Å². The van der Waals surface area contributed by atoms with Crippen LogP contribution in [0.3, 0.4) is 0 Å². The number of pyridine rings is 1. The van der Waals surface area contributed by atoms with E-state index < -0.39 is 0 Å². The van der Waals surface area contributed by atoms with Crippen LogP contribution in [0.2, 0.25) is 5.02 Å². The predicted octanol–water partition coefficient (Wildman–Crippen LogP) is 3.70. The van der Waals surface area contributed by atoms with Gasteiger partial charge >= 0.3 is 0 Å². The van der Waals surface area contributed by atoms with Crippen molar-refractivity contribution < 1.29 is 14.4 Å². The van der Waals surface area contributed by atoms with Crippen LogP contribution < -0.4 is 5.32 Å². The molecule has 28 heavy (non-hydrogen) atoms. The number of rotatable bonds is 8. The summed E-state index contributed by atoms with van der Waals surface area (Å²) < 4.78 is 0. The minimum absolute atomic E-state index is 0.193. The van der Waals surface area contributed by atoms with Crippen LogP contribution in [0.1, 0.15) is 48.0 Å². The molecule has 2 amide bonds. The Labute approximate surface area is 168 Å². The van der Waals surface area contributed by atoms with Gasteiger partial charge in [0.1, 0.15) is 5.82 Å². The average molecular weight is 400 g/mol. The van der Waals surface area contributed by atoms with Crippen molar-refractivity contribution in [3.05, 3.63) is 58.7 Å². The first-order valence-corrected chi connectivity index (χ1v) is 9.75. The molecule has 0 bridgehead atoms. The fourth-order valence-electron chi connectivity index (χ4n) is 3.18. The third kappa shape index (κ3) is 5.16. The zero-order valence-electron chi connectivity index (χ0n) is 15.5. The molecule has 6 nitrogen and oxygen atoms in total. The molecule has 1 aliphatic rings. The number of anilines is 1. The number of nitrogens with one attached hydrogen (secondary N) is 1. The molecular formula is C21H22ClN3O3. The van der Waals surface area contributed by atoms with E-state index >= 15 is 0 Å². The van der Waals surface area contributed by atoms with Gasteiger partial charge in [-0.2, -0.15) is 0 Å². The standard InChI is InChI=1S/C21H22ClN3O3/c22-16-13-17(20(28)15-7-2-1-3-8-15)21(23-14-16)24-18(26)9-4-5-11-25-12-6-10-19(25)27/h1-3,7-8,13-14H,4-6,9-12H2,(H,23,24,26). The summed E-state index contributed by atoms with van der Waals surface area (Å²) >= 11 is 6.00. The summed E-state index contributed by atoms with van der Waals surface area (Å²) in [6.07, 6.45) is 4.66. The first-order valence-electron chi connectivity index (χ1n) is 9.37. The lowest BCUT2D eigenvalue weighted by molar-refractivity contribution is -0.127. The molecule has 1 fully saturated rings. The molecule has 2 aromatic rings. The highest BCUT2D eigenvalue weighted by atomic mass is 35.5. The summed E-state index contributed by atoms with van der Waals surface area (Å²) in [6, 6.07) is 10.3. The maximum absolute atomic E-state index is 12.8. The molecule has 0 unspecified atom stereocenters. The second kappa shape index (κ2) is 9.46. The number of nitrogens with zero attached hydrogens (tertiary/aromatic N) is 2. The van der Waals surface area contributed by atoms with E-state index in [9.17, 15) is 14.4 Å². The largest absolute Gasteiger partial charge is 0.343 e. The second-order valence-electron chi connectivity index (χ2n) is 6.73. The Morgan fingerprint density at radius 3 is 2.68 bits per heavy atom. The van der Waals surface area contributed by atoms with Gasteiger partial charge in [-0.15, -0.1) is 0 Å². The second-order valence-corrected chi connectivity index (χ2v) is 7.17. The van der Waals surface area contributed by atoms with Crippen molar-refractivity contribution in [3.63, 3.8) is 0 Å². The van der Waals surface area contributed by atoms with E-state index in [0.717, 1.165) is 19.4 Å². The monoisotopic (exact) mass is 399 g/mol. The van der Waals surface area contributed by atoms with Crippen LogP contribution >= 0.6 is 11.6 Å². The average Bonchev–Trinajstić information content (AvgIpc) is 3.11. The van der Waals surface area contributed by atoms with Crippen molar-refractivity contribution in [3.8, 4) is 0 Å². The molecule has 146 valence electrons. The normalized spacial score (nSPS) is 13.6. The van der Waals surface area contributed by atoms with Gasteiger partial charge in [0.2, 0.25) is 11.8 Å².